The van der Waals surface area contributed by atoms with Crippen LogP contribution >= 0.6 is 0 Å². The maximum absolute atomic E-state index is 11.7. The summed E-state index contributed by atoms with van der Waals surface area (Å²) in [6.07, 6.45) is 2.88. The maximum atomic E-state index is 11.7. The number of aromatic nitrogens is 2. The monoisotopic (exact) mass is 323 g/mol. The van der Waals surface area contributed by atoms with Crippen LogP contribution in [0.1, 0.15) is 32.1 Å². The number of carbonyl (C=O) groups is 1. The highest BCUT2D eigenvalue weighted by Crippen LogP contribution is 2.26. The van der Waals surface area contributed by atoms with Crippen molar-refractivity contribution < 1.29 is 9.32 Å². The normalized spacial score (nSPS) is 10.9. The lowest BCUT2D eigenvalue weighted by atomic mass is 10.0. The zero-order valence-electron chi connectivity index (χ0n) is 13.8. The number of unbranched alkanes of at least 4 members (excludes halogenated alkanes) is 1. The van der Waals surface area contributed by atoms with Gasteiger partial charge < -0.3 is 9.84 Å². The summed E-state index contributed by atoms with van der Waals surface area (Å²) in [6.45, 7) is 2.82. The molecule has 3 rings (SSSR count). The molecule has 24 heavy (non-hydrogen) atoms. The molecular formula is C19H21N3O2. The molecule has 0 aliphatic rings. The second kappa shape index (κ2) is 7.73. The molecule has 1 N–H and O–H groups in total. The molecule has 0 saturated carbocycles. The molecule has 2 aromatic carbocycles. The van der Waals surface area contributed by atoms with Crippen LogP contribution in [-0.4, -0.2) is 22.6 Å². The predicted octanol–water partition coefficient (Wildman–Crippen LogP) is 3.74. The molecule has 0 unspecified atom stereocenters. The number of nitrogens with zero attached hydrogens (tertiary/aromatic N) is 2. The second-order valence-corrected chi connectivity index (χ2v) is 5.74. The first-order chi connectivity index (χ1) is 11.8. The zero-order chi connectivity index (χ0) is 16.8. The highest BCUT2D eigenvalue weighted by molar-refractivity contribution is 5.94. The van der Waals surface area contributed by atoms with Gasteiger partial charge in [-0.05, 0) is 17.2 Å². The average molecular weight is 323 g/mol. The Morgan fingerprint density at radius 1 is 1.17 bits per heavy atom. The molecule has 1 amide bonds. The fraction of sp³-hybridized carbons (Fsp3) is 0.316. The Labute approximate surface area is 141 Å². The number of fused-ring (bicyclic) bond motifs is 1. The molecule has 124 valence electrons. The van der Waals surface area contributed by atoms with E-state index in [-0.39, 0.29) is 5.91 Å². The standard InChI is InChI=1S/C19H21N3O2/c1-2-3-13-20-17(23)11-12-18-21-19(22-24-18)16-10-6-8-14-7-4-5-9-15(14)16/h4-10H,2-3,11-13H2,1H3,(H,20,23). The molecule has 0 aliphatic carbocycles. The van der Waals surface area contributed by atoms with Gasteiger partial charge in [-0.25, -0.2) is 0 Å². The highest BCUT2D eigenvalue weighted by Gasteiger charge is 2.12. The van der Waals surface area contributed by atoms with Crippen molar-refractivity contribution in [2.24, 2.45) is 0 Å². The minimum atomic E-state index is 0.0216. The van der Waals surface area contributed by atoms with E-state index in [2.05, 4.69) is 34.5 Å². The topological polar surface area (TPSA) is 68.0 Å². The molecule has 5 nitrogen and oxygen atoms in total. The fourth-order valence-corrected chi connectivity index (χ4v) is 2.60. The van der Waals surface area contributed by atoms with Crippen LogP contribution in [0.25, 0.3) is 22.2 Å². The van der Waals surface area contributed by atoms with Gasteiger partial charge in [0.1, 0.15) is 0 Å². The van der Waals surface area contributed by atoms with E-state index in [1.165, 1.54) is 0 Å². The van der Waals surface area contributed by atoms with Gasteiger partial charge in [-0.2, -0.15) is 4.98 Å². The summed E-state index contributed by atoms with van der Waals surface area (Å²) in [6, 6.07) is 14.1. The zero-order valence-corrected chi connectivity index (χ0v) is 13.8. The summed E-state index contributed by atoms with van der Waals surface area (Å²) in [4.78, 5) is 16.2. The summed E-state index contributed by atoms with van der Waals surface area (Å²) >= 11 is 0. The van der Waals surface area contributed by atoms with E-state index in [0.29, 0.717) is 24.6 Å². The molecule has 1 aromatic heterocycles. The Balaban J connectivity index is 1.68. The molecule has 0 bridgehead atoms. The molecule has 0 atom stereocenters. The van der Waals surface area contributed by atoms with E-state index in [0.717, 1.165) is 35.7 Å². The molecule has 0 aliphatic heterocycles. The van der Waals surface area contributed by atoms with Gasteiger partial charge in [0.15, 0.2) is 0 Å². The van der Waals surface area contributed by atoms with Crippen LogP contribution in [0.2, 0.25) is 0 Å². The smallest absolute Gasteiger partial charge is 0.227 e. The lowest BCUT2D eigenvalue weighted by Gasteiger charge is -2.02. The Hall–Kier alpha value is -2.69. The molecule has 1 heterocycles. The van der Waals surface area contributed by atoms with Crippen LogP contribution in [0.15, 0.2) is 47.0 Å². The van der Waals surface area contributed by atoms with Gasteiger partial charge in [0.25, 0.3) is 0 Å². The number of benzene rings is 2. The molecule has 0 saturated heterocycles. The van der Waals surface area contributed by atoms with Crippen molar-refractivity contribution in [2.75, 3.05) is 6.54 Å². The van der Waals surface area contributed by atoms with Crippen molar-refractivity contribution in [1.82, 2.24) is 15.5 Å². The number of amides is 1. The highest BCUT2D eigenvalue weighted by atomic mass is 16.5. The van der Waals surface area contributed by atoms with Gasteiger partial charge in [0.05, 0.1) is 0 Å². The third kappa shape index (κ3) is 3.79. The van der Waals surface area contributed by atoms with Crippen molar-refractivity contribution in [1.29, 1.82) is 0 Å². The van der Waals surface area contributed by atoms with Crippen LogP contribution in [0, 0.1) is 0 Å². The maximum Gasteiger partial charge on any atom is 0.227 e. The van der Waals surface area contributed by atoms with Crippen molar-refractivity contribution >= 4 is 16.7 Å². The number of carbonyl (C=O) groups excluding carboxylic acids is 1. The van der Waals surface area contributed by atoms with Crippen LogP contribution in [-0.2, 0) is 11.2 Å². The first-order valence-electron chi connectivity index (χ1n) is 8.35. The van der Waals surface area contributed by atoms with E-state index >= 15 is 0 Å². The third-order valence-corrected chi connectivity index (χ3v) is 3.92. The largest absolute Gasteiger partial charge is 0.356 e. The Kier molecular flexibility index (Phi) is 5.21. The van der Waals surface area contributed by atoms with Gasteiger partial charge >= 0.3 is 0 Å². The first-order valence-corrected chi connectivity index (χ1v) is 8.35. The molecule has 5 heteroatoms. The Morgan fingerprint density at radius 3 is 2.88 bits per heavy atom. The Morgan fingerprint density at radius 2 is 2.00 bits per heavy atom. The minimum Gasteiger partial charge on any atom is -0.356 e. The van der Waals surface area contributed by atoms with E-state index < -0.39 is 0 Å². The van der Waals surface area contributed by atoms with Gasteiger partial charge in [0, 0.05) is 24.9 Å². The van der Waals surface area contributed by atoms with Crippen molar-refractivity contribution in [2.45, 2.75) is 32.6 Å². The van der Waals surface area contributed by atoms with Gasteiger partial charge in [-0.3, -0.25) is 4.79 Å². The number of hydrogen-bond acceptors (Lipinski definition) is 4. The molecule has 0 spiro atoms. The van der Waals surface area contributed by atoms with Crippen LogP contribution in [0.3, 0.4) is 0 Å². The number of rotatable bonds is 7. The van der Waals surface area contributed by atoms with Gasteiger partial charge in [-0.15, -0.1) is 0 Å². The van der Waals surface area contributed by atoms with Crippen LogP contribution in [0.4, 0.5) is 0 Å². The first kappa shape index (κ1) is 16.2. The molecular weight excluding hydrogens is 302 g/mol. The number of hydrogen-bond donors (Lipinski definition) is 1. The minimum absolute atomic E-state index is 0.0216. The van der Waals surface area contributed by atoms with E-state index in [1.54, 1.807) is 0 Å². The van der Waals surface area contributed by atoms with Crippen LogP contribution in [0.5, 0.6) is 0 Å². The van der Waals surface area contributed by atoms with Gasteiger partial charge in [-0.1, -0.05) is 61.0 Å². The summed E-state index contributed by atoms with van der Waals surface area (Å²) in [5.41, 5.74) is 0.940. The molecule has 0 radical (unpaired) electrons. The Bertz CT molecular complexity index is 821. The molecule has 0 fully saturated rings. The SMILES string of the molecule is CCCCNC(=O)CCc1nc(-c2cccc3ccccc23)no1. The average Bonchev–Trinajstić information content (AvgIpc) is 3.08. The summed E-state index contributed by atoms with van der Waals surface area (Å²) in [7, 11) is 0. The van der Waals surface area contributed by atoms with Crippen molar-refractivity contribution in [3.05, 3.63) is 48.4 Å². The lowest BCUT2D eigenvalue weighted by molar-refractivity contribution is -0.121. The number of nitrogens with one attached hydrogen (secondary N) is 1. The third-order valence-electron chi connectivity index (χ3n) is 3.92. The molecule has 3 aromatic rings. The quantitative estimate of drug-likeness (QED) is 0.673. The lowest BCUT2D eigenvalue weighted by Crippen LogP contribution is -2.24. The fourth-order valence-electron chi connectivity index (χ4n) is 2.60. The van der Waals surface area contributed by atoms with E-state index in [1.807, 2.05) is 30.3 Å². The van der Waals surface area contributed by atoms with Gasteiger partial charge in [0.2, 0.25) is 17.6 Å². The van der Waals surface area contributed by atoms with Crippen molar-refractivity contribution in [3.63, 3.8) is 0 Å². The summed E-state index contributed by atoms with van der Waals surface area (Å²) in [5, 5.41) is 9.18. The number of aryl methyl sites for hydroxylation is 1. The second-order valence-electron chi connectivity index (χ2n) is 5.74. The van der Waals surface area contributed by atoms with Crippen LogP contribution < -0.4 is 5.32 Å². The predicted molar refractivity (Wildman–Crippen MR) is 93.5 cm³/mol. The van der Waals surface area contributed by atoms with E-state index in [4.69, 9.17) is 4.52 Å². The van der Waals surface area contributed by atoms with E-state index in [9.17, 15) is 4.79 Å². The van der Waals surface area contributed by atoms with Crippen molar-refractivity contribution in [3.8, 4) is 11.4 Å². The summed E-state index contributed by atoms with van der Waals surface area (Å²) in [5.74, 6) is 1.07. The summed E-state index contributed by atoms with van der Waals surface area (Å²) < 4.78 is 5.30.